The molecule has 0 radical (unpaired) electrons. The van der Waals surface area contributed by atoms with Crippen LogP contribution in [0.1, 0.15) is 39.3 Å². The van der Waals surface area contributed by atoms with Crippen molar-refractivity contribution in [2.45, 2.75) is 53.2 Å². The third-order valence-corrected chi connectivity index (χ3v) is 2.43. The van der Waals surface area contributed by atoms with Gasteiger partial charge in [0, 0.05) is 6.54 Å². The topological polar surface area (TPSA) is 53.1 Å². The third kappa shape index (κ3) is 2.64. The van der Waals surface area contributed by atoms with E-state index in [-0.39, 0.29) is 6.10 Å². The zero-order chi connectivity index (χ0) is 11.4. The van der Waals surface area contributed by atoms with Crippen LogP contribution in [-0.2, 0) is 6.54 Å². The summed E-state index contributed by atoms with van der Waals surface area (Å²) in [6.45, 7) is 8.92. The van der Waals surface area contributed by atoms with E-state index in [4.69, 9.17) is 10.5 Å². The van der Waals surface area contributed by atoms with Crippen LogP contribution < -0.4 is 10.5 Å². The molecule has 0 aliphatic rings. The molecule has 86 valence electrons. The zero-order valence-corrected chi connectivity index (χ0v) is 10.1. The molecule has 4 heteroatoms. The summed E-state index contributed by atoms with van der Waals surface area (Å²) in [6.07, 6.45) is 2.34. The quantitative estimate of drug-likeness (QED) is 0.813. The van der Waals surface area contributed by atoms with E-state index in [0.29, 0.717) is 5.69 Å². The first-order valence-corrected chi connectivity index (χ1v) is 5.59. The van der Waals surface area contributed by atoms with Crippen molar-refractivity contribution < 1.29 is 4.74 Å². The van der Waals surface area contributed by atoms with E-state index in [9.17, 15) is 0 Å². The van der Waals surface area contributed by atoms with E-state index in [2.05, 4.69) is 18.9 Å². The highest BCUT2D eigenvalue weighted by Crippen LogP contribution is 2.26. The standard InChI is InChI=1S/C11H21N3O/c1-5-7-8(3)15-11-10(12)9(4)13-14(11)6-2/h8H,5-7,12H2,1-4H3. The highest BCUT2D eigenvalue weighted by molar-refractivity contribution is 5.52. The molecule has 0 aliphatic carbocycles. The van der Waals surface area contributed by atoms with Crippen molar-refractivity contribution in [3.05, 3.63) is 5.69 Å². The van der Waals surface area contributed by atoms with Gasteiger partial charge >= 0.3 is 0 Å². The molecule has 1 aromatic heterocycles. The van der Waals surface area contributed by atoms with Gasteiger partial charge in [-0.1, -0.05) is 13.3 Å². The van der Waals surface area contributed by atoms with Gasteiger partial charge in [-0.05, 0) is 27.2 Å². The van der Waals surface area contributed by atoms with E-state index in [0.717, 1.165) is 31.0 Å². The first kappa shape index (κ1) is 11.9. The van der Waals surface area contributed by atoms with Crippen LogP contribution >= 0.6 is 0 Å². The number of anilines is 1. The summed E-state index contributed by atoms with van der Waals surface area (Å²) in [5.74, 6) is 0.718. The van der Waals surface area contributed by atoms with E-state index < -0.39 is 0 Å². The van der Waals surface area contributed by atoms with Gasteiger partial charge in [-0.15, -0.1) is 0 Å². The molecule has 0 saturated heterocycles. The second-order valence-corrected chi connectivity index (χ2v) is 3.84. The largest absolute Gasteiger partial charge is 0.473 e. The van der Waals surface area contributed by atoms with Crippen LogP contribution in [-0.4, -0.2) is 15.9 Å². The molecule has 2 N–H and O–H groups in total. The summed E-state index contributed by atoms with van der Waals surface area (Å²) in [5, 5.41) is 4.31. The highest BCUT2D eigenvalue weighted by Gasteiger charge is 2.15. The molecule has 1 aromatic rings. The molecule has 4 nitrogen and oxygen atoms in total. The van der Waals surface area contributed by atoms with E-state index in [1.165, 1.54) is 0 Å². The number of aryl methyl sites for hydroxylation is 2. The Bertz CT molecular complexity index is 320. The minimum absolute atomic E-state index is 0.193. The molecule has 0 aromatic carbocycles. The van der Waals surface area contributed by atoms with Gasteiger partial charge in [0.2, 0.25) is 5.88 Å². The third-order valence-electron chi connectivity index (χ3n) is 2.43. The van der Waals surface area contributed by atoms with Crippen molar-refractivity contribution in [1.29, 1.82) is 0 Å². The molecule has 1 heterocycles. The van der Waals surface area contributed by atoms with Crippen molar-refractivity contribution in [2.75, 3.05) is 5.73 Å². The predicted molar refractivity (Wildman–Crippen MR) is 62.0 cm³/mol. The lowest BCUT2D eigenvalue weighted by Gasteiger charge is -2.14. The lowest BCUT2D eigenvalue weighted by atomic mass is 10.2. The van der Waals surface area contributed by atoms with E-state index >= 15 is 0 Å². The number of ether oxygens (including phenoxy) is 1. The summed E-state index contributed by atoms with van der Waals surface area (Å²) < 4.78 is 7.62. The number of rotatable bonds is 5. The second-order valence-electron chi connectivity index (χ2n) is 3.84. The fourth-order valence-electron chi connectivity index (χ4n) is 1.57. The lowest BCUT2D eigenvalue weighted by Crippen LogP contribution is -2.15. The molecule has 0 saturated carbocycles. The maximum atomic E-state index is 5.92. The Morgan fingerprint density at radius 3 is 2.67 bits per heavy atom. The van der Waals surface area contributed by atoms with Crippen LogP contribution in [0.3, 0.4) is 0 Å². The maximum absolute atomic E-state index is 5.92. The Morgan fingerprint density at radius 2 is 2.13 bits per heavy atom. The van der Waals surface area contributed by atoms with Gasteiger partial charge in [0.1, 0.15) is 5.69 Å². The van der Waals surface area contributed by atoms with Crippen LogP contribution in [0.4, 0.5) is 5.69 Å². The number of hydrogen-bond donors (Lipinski definition) is 1. The van der Waals surface area contributed by atoms with Crippen molar-refractivity contribution in [1.82, 2.24) is 9.78 Å². The number of nitrogen functional groups attached to an aromatic ring is 1. The fraction of sp³-hybridized carbons (Fsp3) is 0.727. The first-order chi connectivity index (χ1) is 7.10. The number of aromatic nitrogens is 2. The average Bonchev–Trinajstić information content (AvgIpc) is 2.46. The minimum atomic E-state index is 0.193. The SMILES string of the molecule is CCCC(C)Oc1c(N)c(C)nn1CC. The molecule has 0 fully saturated rings. The average molecular weight is 211 g/mol. The molecule has 0 spiro atoms. The van der Waals surface area contributed by atoms with Gasteiger partial charge in [0.25, 0.3) is 0 Å². The Balaban J connectivity index is 2.82. The number of nitrogens with two attached hydrogens (primary N) is 1. The molecule has 1 atom stereocenters. The van der Waals surface area contributed by atoms with Crippen LogP contribution in [0, 0.1) is 6.92 Å². The molecule has 0 bridgehead atoms. The Hall–Kier alpha value is -1.19. The monoisotopic (exact) mass is 211 g/mol. The molecule has 0 aliphatic heterocycles. The summed E-state index contributed by atoms with van der Waals surface area (Å²) in [7, 11) is 0. The summed E-state index contributed by atoms with van der Waals surface area (Å²) in [5.41, 5.74) is 7.42. The van der Waals surface area contributed by atoms with Gasteiger partial charge in [-0.25, -0.2) is 4.68 Å². The Kier molecular flexibility index (Phi) is 4.00. The molecule has 1 unspecified atom stereocenters. The molecular weight excluding hydrogens is 190 g/mol. The highest BCUT2D eigenvalue weighted by atomic mass is 16.5. The van der Waals surface area contributed by atoms with Crippen molar-refractivity contribution >= 4 is 5.69 Å². The van der Waals surface area contributed by atoms with Crippen LogP contribution in [0.2, 0.25) is 0 Å². The van der Waals surface area contributed by atoms with Crippen LogP contribution in [0.25, 0.3) is 0 Å². The van der Waals surface area contributed by atoms with Gasteiger partial charge in [-0.3, -0.25) is 0 Å². The van der Waals surface area contributed by atoms with E-state index in [1.54, 1.807) is 0 Å². The summed E-state index contributed by atoms with van der Waals surface area (Å²) in [4.78, 5) is 0. The Morgan fingerprint density at radius 1 is 1.47 bits per heavy atom. The summed E-state index contributed by atoms with van der Waals surface area (Å²) in [6, 6.07) is 0. The molecule has 15 heavy (non-hydrogen) atoms. The summed E-state index contributed by atoms with van der Waals surface area (Å²) >= 11 is 0. The lowest BCUT2D eigenvalue weighted by molar-refractivity contribution is 0.191. The Labute approximate surface area is 91.4 Å². The fourth-order valence-corrected chi connectivity index (χ4v) is 1.57. The van der Waals surface area contributed by atoms with Gasteiger partial charge < -0.3 is 10.5 Å². The molecular formula is C11H21N3O. The number of hydrogen-bond acceptors (Lipinski definition) is 3. The first-order valence-electron chi connectivity index (χ1n) is 5.59. The van der Waals surface area contributed by atoms with Gasteiger partial charge in [0.05, 0.1) is 11.8 Å². The minimum Gasteiger partial charge on any atom is -0.473 e. The molecule has 1 rings (SSSR count). The maximum Gasteiger partial charge on any atom is 0.236 e. The smallest absolute Gasteiger partial charge is 0.236 e. The van der Waals surface area contributed by atoms with Crippen molar-refractivity contribution in [3.63, 3.8) is 0 Å². The van der Waals surface area contributed by atoms with E-state index in [1.807, 2.05) is 18.5 Å². The zero-order valence-electron chi connectivity index (χ0n) is 10.1. The second kappa shape index (κ2) is 5.05. The predicted octanol–water partition coefficient (Wildman–Crippen LogP) is 2.36. The van der Waals surface area contributed by atoms with Crippen molar-refractivity contribution in [3.8, 4) is 5.88 Å². The number of nitrogens with zero attached hydrogens (tertiary/aromatic N) is 2. The van der Waals surface area contributed by atoms with Crippen LogP contribution in [0.5, 0.6) is 5.88 Å². The normalized spacial score (nSPS) is 12.8. The van der Waals surface area contributed by atoms with Gasteiger partial charge in [0.15, 0.2) is 0 Å². The van der Waals surface area contributed by atoms with Gasteiger partial charge in [-0.2, -0.15) is 5.10 Å². The molecule has 0 amide bonds. The van der Waals surface area contributed by atoms with Crippen LogP contribution in [0.15, 0.2) is 0 Å². The van der Waals surface area contributed by atoms with Crippen molar-refractivity contribution in [2.24, 2.45) is 0 Å².